The average Bonchev–Trinajstić information content (AvgIpc) is 2.49. The molecule has 1 aliphatic carbocycles. The van der Waals surface area contributed by atoms with Gasteiger partial charge >= 0.3 is 29.8 Å². The molecule has 0 aliphatic heterocycles. The highest BCUT2D eigenvalue weighted by Gasteiger charge is 2.55. The molecule has 1 fully saturated rings. The summed E-state index contributed by atoms with van der Waals surface area (Å²) in [4.78, 5) is 57.7. The third-order valence-corrected chi connectivity index (χ3v) is 3.47. The van der Waals surface area contributed by atoms with Crippen molar-refractivity contribution in [1.29, 1.82) is 0 Å². The van der Waals surface area contributed by atoms with Crippen molar-refractivity contribution in [1.82, 2.24) is 0 Å². The van der Waals surface area contributed by atoms with Gasteiger partial charge in [-0.3, -0.25) is 24.0 Å². The highest BCUT2D eigenvalue weighted by atomic mass is 16.6. The van der Waals surface area contributed by atoms with Crippen LogP contribution in [0, 0.1) is 0 Å². The van der Waals surface area contributed by atoms with Crippen molar-refractivity contribution >= 4 is 29.8 Å². The van der Waals surface area contributed by atoms with E-state index >= 15 is 0 Å². The molecule has 0 aromatic heterocycles. The largest absolute Gasteiger partial charge is 0.454 e. The Kier molecular flexibility index (Phi) is 7.50. The fourth-order valence-electron chi connectivity index (χ4n) is 2.73. The van der Waals surface area contributed by atoms with Crippen molar-refractivity contribution in [3.8, 4) is 0 Å². The molecule has 0 bridgehead atoms. The molecule has 0 radical (unpaired) electrons. The summed E-state index contributed by atoms with van der Waals surface area (Å²) in [6.45, 7) is 9.23. The molecule has 5 atom stereocenters. The topological polar surface area (TPSA) is 132 Å². The van der Waals surface area contributed by atoms with Gasteiger partial charge in [-0.25, -0.2) is 0 Å². The van der Waals surface area contributed by atoms with Crippen LogP contribution in [0.2, 0.25) is 0 Å². The van der Waals surface area contributed by atoms with Gasteiger partial charge in [-0.1, -0.05) is 6.58 Å². The molecule has 1 aliphatic rings. The maximum atomic E-state index is 11.6. The Bertz CT molecular complexity index is 606. The molecule has 0 aromatic carbocycles. The Hall–Kier alpha value is -2.91. The van der Waals surface area contributed by atoms with E-state index in [0.717, 1.165) is 34.6 Å². The zero-order chi connectivity index (χ0) is 20.9. The van der Waals surface area contributed by atoms with Crippen LogP contribution in [0.25, 0.3) is 0 Å². The molecule has 1 rings (SSSR count). The van der Waals surface area contributed by atoms with Crippen LogP contribution in [0.4, 0.5) is 0 Å². The first-order chi connectivity index (χ1) is 12.4. The van der Waals surface area contributed by atoms with Crippen LogP contribution >= 0.6 is 0 Å². The summed E-state index contributed by atoms with van der Waals surface area (Å²) in [6, 6.07) is 0. The molecule has 0 aromatic rings. The van der Waals surface area contributed by atoms with Crippen LogP contribution in [0.15, 0.2) is 12.2 Å². The molecule has 10 heteroatoms. The quantitative estimate of drug-likeness (QED) is 0.367. The molecule has 0 amide bonds. The van der Waals surface area contributed by atoms with Crippen molar-refractivity contribution < 1.29 is 47.7 Å². The molecule has 27 heavy (non-hydrogen) atoms. The van der Waals surface area contributed by atoms with E-state index in [9.17, 15) is 24.0 Å². The summed E-state index contributed by atoms with van der Waals surface area (Å²) in [7, 11) is 0. The average molecular weight is 386 g/mol. The van der Waals surface area contributed by atoms with Gasteiger partial charge in [-0.2, -0.15) is 0 Å². The van der Waals surface area contributed by atoms with Crippen LogP contribution < -0.4 is 0 Å². The predicted molar refractivity (Wildman–Crippen MR) is 86.9 cm³/mol. The second-order valence-corrected chi connectivity index (χ2v) is 5.86. The highest BCUT2D eigenvalue weighted by Crippen LogP contribution is 2.35. The van der Waals surface area contributed by atoms with Gasteiger partial charge in [0.15, 0.2) is 30.5 Å². The van der Waals surface area contributed by atoms with Gasteiger partial charge in [-0.05, 0) is 0 Å². The lowest BCUT2D eigenvalue weighted by atomic mass is 9.82. The number of hydrogen-bond acceptors (Lipinski definition) is 10. The molecule has 150 valence electrons. The van der Waals surface area contributed by atoms with Gasteiger partial charge in [0.1, 0.15) is 0 Å². The third-order valence-electron chi connectivity index (χ3n) is 3.47. The molecular weight excluding hydrogens is 364 g/mol. The number of carbonyl (C=O) groups is 5. The van der Waals surface area contributed by atoms with E-state index in [2.05, 4.69) is 6.58 Å². The van der Waals surface area contributed by atoms with E-state index in [4.69, 9.17) is 23.7 Å². The van der Waals surface area contributed by atoms with E-state index in [1.165, 1.54) is 0 Å². The number of ether oxygens (including phenoxy) is 5. The van der Waals surface area contributed by atoms with Crippen molar-refractivity contribution in [2.24, 2.45) is 0 Å². The van der Waals surface area contributed by atoms with Crippen molar-refractivity contribution in [3.05, 3.63) is 12.2 Å². The van der Waals surface area contributed by atoms with Gasteiger partial charge in [0.25, 0.3) is 0 Å². The van der Waals surface area contributed by atoms with Gasteiger partial charge in [-0.15, -0.1) is 0 Å². The van der Waals surface area contributed by atoms with E-state index in [1.54, 1.807) is 0 Å². The number of hydrogen-bond donors (Lipinski definition) is 0. The summed E-state index contributed by atoms with van der Waals surface area (Å²) in [6.07, 6.45) is -6.73. The monoisotopic (exact) mass is 386 g/mol. The summed E-state index contributed by atoms with van der Waals surface area (Å²) < 4.78 is 25.8. The van der Waals surface area contributed by atoms with Crippen LogP contribution in [-0.4, -0.2) is 60.4 Å². The first-order valence-electron chi connectivity index (χ1n) is 7.98. The zero-order valence-electron chi connectivity index (χ0n) is 15.7. The molecule has 0 heterocycles. The van der Waals surface area contributed by atoms with Gasteiger partial charge in [0.2, 0.25) is 0 Å². The minimum absolute atomic E-state index is 0.00121. The first kappa shape index (κ1) is 22.1. The first-order valence-corrected chi connectivity index (χ1v) is 7.98. The second-order valence-electron chi connectivity index (χ2n) is 5.86. The zero-order valence-corrected chi connectivity index (χ0v) is 15.7. The molecule has 0 N–H and O–H groups in total. The maximum absolute atomic E-state index is 11.6. The summed E-state index contributed by atoms with van der Waals surface area (Å²) in [5.74, 6) is -3.81. The second kappa shape index (κ2) is 9.15. The summed E-state index contributed by atoms with van der Waals surface area (Å²) in [5.41, 5.74) is 0.00121. The van der Waals surface area contributed by atoms with Crippen LogP contribution in [-0.2, 0) is 47.7 Å². The minimum Gasteiger partial charge on any atom is -0.454 e. The lowest BCUT2D eigenvalue weighted by Crippen LogP contribution is -2.62. The molecule has 1 saturated carbocycles. The number of rotatable bonds is 5. The lowest BCUT2D eigenvalue weighted by Gasteiger charge is -2.44. The Labute approximate surface area is 155 Å². The Balaban J connectivity index is 3.48. The van der Waals surface area contributed by atoms with Crippen molar-refractivity contribution in [2.75, 3.05) is 0 Å². The Morgan fingerprint density at radius 2 is 0.815 bits per heavy atom. The smallest absolute Gasteiger partial charge is 0.303 e. The Morgan fingerprint density at radius 1 is 0.556 bits per heavy atom. The van der Waals surface area contributed by atoms with Gasteiger partial charge < -0.3 is 23.7 Å². The summed E-state index contributed by atoms with van der Waals surface area (Å²) >= 11 is 0. The Morgan fingerprint density at radius 3 is 1.07 bits per heavy atom. The lowest BCUT2D eigenvalue weighted by molar-refractivity contribution is -0.217. The van der Waals surface area contributed by atoms with Crippen molar-refractivity contribution in [2.45, 2.75) is 65.1 Å². The maximum Gasteiger partial charge on any atom is 0.303 e. The summed E-state index contributed by atoms with van der Waals surface area (Å²) in [5, 5.41) is 0. The number of esters is 5. The third kappa shape index (κ3) is 6.08. The molecule has 0 saturated heterocycles. The van der Waals surface area contributed by atoms with E-state index in [0.29, 0.717) is 0 Å². The fourth-order valence-corrected chi connectivity index (χ4v) is 2.73. The normalized spacial score (nSPS) is 27.1. The standard InChI is InChI=1S/C17H22O10/c1-7-13(23-8(2)18)15(25-10(4)20)17(27-12(6)22)16(26-11(5)21)14(7)24-9(3)19/h13-17H,1H2,2-6H3/t13?,14?,15-,16?,17-/m1/s1. The molecule has 0 spiro atoms. The van der Waals surface area contributed by atoms with E-state index in [1.807, 2.05) is 0 Å². The van der Waals surface area contributed by atoms with Crippen molar-refractivity contribution in [3.63, 3.8) is 0 Å². The SMILES string of the molecule is C=C1C(OC(C)=O)C(OC(C)=O)[C@H](OC(C)=O)[C@H](OC(C)=O)C1OC(C)=O. The molecule has 3 unspecified atom stereocenters. The van der Waals surface area contributed by atoms with E-state index < -0.39 is 60.4 Å². The highest BCUT2D eigenvalue weighted by molar-refractivity contribution is 5.70. The van der Waals surface area contributed by atoms with Crippen LogP contribution in [0.3, 0.4) is 0 Å². The van der Waals surface area contributed by atoms with Crippen LogP contribution in [0.1, 0.15) is 34.6 Å². The molecule has 10 nitrogen and oxygen atoms in total. The minimum atomic E-state index is -1.41. The fraction of sp³-hybridized carbons (Fsp3) is 0.588. The molecular formula is C17H22O10. The van der Waals surface area contributed by atoms with Gasteiger partial charge in [0, 0.05) is 40.2 Å². The van der Waals surface area contributed by atoms with Gasteiger partial charge in [0.05, 0.1) is 0 Å². The van der Waals surface area contributed by atoms with E-state index in [-0.39, 0.29) is 5.57 Å². The predicted octanol–water partition coefficient (Wildman–Crippen LogP) is 0.215. The number of carbonyl (C=O) groups excluding carboxylic acids is 5. The van der Waals surface area contributed by atoms with Crippen LogP contribution in [0.5, 0.6) is 0 Å².